The van der Waals surface area contributed by atoms with Crippen molar-refractivity contribution in [3.8, 4) is 0 Å². The van der Waals surface area contributed by atoms with Gasteiger partial charge in [0.05, 0.1) is 12.3 Å². The minimum atomic E-state index is -0.355. The smallest absolute Gasteiger partial charge is 0.276 e. The van der Waals surface area contributed by atoms with Crippen LogP contribution in [-0.2, 0) is 26.4 Å². The molecule has 2 aromatic rings. The SMILES string of the molecule is C=C/C(=C(/CO)C(=NC)N1CCn2c(cc3c2CC(C)(C)C3)C1=O)c1cc(N)c(=O)n(C)c1. The van der Waals surface area contributed by atoms with Gasteiger partial charge < -0.3 is 20.0 Å². The molecule has 1 amide bonds. The van der Waals surface area contributed by atoms with Gasteiger partial charge in [-0.1, -0.05) is 26.5 Å². The van der Waals surface area contributed by atoms with E-state index in [0.29, 0.717) is 41.3 Å². The minimum absolute atomic E-state index is 0.0888. The number of aliphatic hydroxyl groups is 1. The molecule has 1 aliphatic heterocycles. The van der Waals surface area contributed by atoms with Crippen molar-refractivity contribution in [3.63, 3.8) is 0 Å². The number of rotatable bonds is 4. The zero-order valence-corrected chi connectivity index (χ0v) is 19.7. The van der Waals surface area contributed by atoms with Gasteiger partial charge in [-0.05, 0) is 41.5 Å². The average molecular weight is 450 g/mol. The van der Waals surface area contributed by atoms with Gasteiger partial charge in [0, 0.05) is 50.2 Å². The van der Waals surface area contributed by atoms with Crippen LogP contribution in [0.3, 0.4) is 0 Å². The number of nitrogen functional groups attached to an aromatic ring is 1. The summed E-state index contributed by atoms with van der Waals surface area (Å²) in [5, 5.41) is 10.3. The van der Waals surface area contributed by atoms with E-state index in [-0.39, 0.29) is 29.2 Å². The van der Waals surface area contributed by atoms with Gasteiger partial charge in [-0.15, -0.1) is 0 Å². The summed E-state index contributed by atoms with van der Waals surface area (Å²) < 4.78 is 3.52. The summed E-state index contributed by atoms with van der Waals surface area (Å²) in [5.74, 6) is 0.251. The number of carbonyl (C=O) groups is 1. The molecule has 2 aromatic heterocycles. The van der Waals surface area contributed by atoms with Crippen molar-refractivity contribution in [2.45, 2.75) is 33.2 Å². The number of nitrogens with two attached hydrogens (primary N) is 1. The molecule has 0 unspecified atom stereocenters. The second-order valence-corrected chi connectivity index (χ2v) is 9.53. The largest absolute Gasteiger partial charge is 0.394 e. The van der Waals surface area contributed by atoms with Crippen LogP contribution in [0, 0.1) is 5.41 Å². The van der Waals surface area contributed by atoms with Crippen molar-refractivity contribution in [2.24, 2.45) is 17.5 Å². The van der Waals surface area contributed by atoms with Crippen LogP contribution < -0.4 is 11.3 Å². The molecule has 33 heavy (non-hydrogen) atoms. The first-order valence-corrected chi connectivity index (χ1v) is 11.0. The lowest BCUT2D eigenvalue weighted by atomic mass is 9.90. The number of amides is 1. The van der Waals surface area contributed by atoms with E-state index in [1.807, 2.05) is 6.07 Å². The predicted molar refractivity (Wildman–Crippen MR) is 130 cm³/mol. The van der Waals surface area contributed by atoms with Crippen molar-refractivity contribution in [1.82, 2.24) is 14.0 Å². The lowest BCUT2D eigenvalue weighted by molar-refractivity contribution is 0.0805. The molecule has 8 nitrogen and oxygen atoms in total. The monoisotopic (exact) mass is 449 g/mol. The topological polar surface area (TPSA) is 106 Å². The van der Waals surface area contributed by atoms with E-state index in [1.165, 1.54) is 15.8 Å². The van der Waals surface area contributed by atoms with E-state index in [9.17, 15) is 14.7 Å². The normalized spacial score (nSPS) is 18.2. The Kier molecular flexibility index (Phi) is 5.66. The Hall–Kier alpha value is -3.39. The molecule has 0 radical (unpaired) electrons. The average Bonchev–Trinajstić information content (AvgIpc) is 3.25. The van der Waals surface area contributed by atoms with Gasteiger partial charge in [0.25, 0.3) is 11.5 Å². The van der Waals surface area contributed by atoms with Gasteiger partial charge in [0.15, 0.2) is 0 Å². The Bertz CT molecular complexity index is 1250. The summed E-state index contributed by atoms with van der Waals surface area (Å²) in [5.41, 5.74) is 10.7. The highest BCUT2D eigenvalue weighted by Gasteiger charge is 2.37. The van der Waals surface area contributed by atoms with Crippen molar-refractivity contribution >= 4 is 23.0 Å². The van der Waals surface area contributed by atoms with Crippen molar-refractivity contribution in [2.75, 3.05) is 25.9 Å². The van der Waals surface area contributed by atoms with Crippen molar-refractivity contribution in [3.05, 3.63) is 69.4 Å². The number of anilines is 1. The number of hydrogen-bond donors (Lipinski definition) is 2. The van der Waals surface area contributed by atoms with Crippen LogP contribution in [0.2, 0.25) is 0 Å². The van der Waals surface area contributed by atoms with E-state index in [0.717, 1.165) is 12.8 Å². The molecule has 4 rings (SSSR count). The number of pyridine rings is 1. The van der Waals surface area contributed by atoms with Gasteiger partial charge in [-0.2, -0.15) is 0 Å². The molecule has 8 heteroatoms. The van der Waals surface area contributed by atoms with Crippen molar-refractivity contribution in [1.29, 1.82) is 0 Å². The second kappa shape index (κ2) is 8.19. The quantitative estimate of drug-likeness (QED) is 0.423. The highest BCUT2D eigenvalue weighted by Crippen LogP contribution is 2.39. The number of carbonyl (C=O) groups excluding carboxylic acids is 1. The first-order valence-electron chi connectivity index (χ1n) is 11.0. The molecule has 0 saturated carbocycles. The van der Waals surface area contributed by atoms with Crippen LogP contribution in [0.5, 0.6) is 0 Å². The number of amidine groups is 1. The molecule has 0 fully saturated rings. The molecule has 2 aliphatic rings. The molecule has 3 N–H and O–H groups in total. The Labute approximate surface area is 193 Å². The zero-order chi connectivity index (χ0) is 24.1. The second-order valence-electron chi connectivity index (χ2n) is 9.53. The Morgan fingerprint density at radius 3 is 2.61 bits per heavy atom. The summed E-state index contributed by atoms with van der Waals surface area (Å²) in [6.45, 7) is 9.15. The lowest BCUT2D eigenvalue weighted by Crippen LogP contribution is -2.45. The Balaban J connectivity index is 1.76. The molecule has 0 spiro atoms. The molecule has 0 aromatic carbocycles. The number of hydrogen-bond acceptors (Lipinski definition) is 5. The predicted octanol–water partition coefficient (Wildman–Crippen LogP) is 2.01. The fourth-order valence-electron chi connectivity index (χ4n) is 5.11. The number of fused-ring (bicyclic) bond motifs is 3. The number of aryl methyl sites for hydroxylation is 1. The molecular weight excluding hydrogens is 418 g/mol. The van der Waals surface area contributed by atoms with E-state index >= 15 is 0 Å². The standard InChI is InChI=1S/C25H31N5O3/c1-6-17(16-9-19(26)23(32)28(5)13-16)18(14-31)22(27-4)30-8-7-29-20(24(30)33)10-15-11-25(2,3)12-21(15)29/h6,9-10,13,31H,1,7-8,11-12,14,26H2,2-5H3/b18-17+,27-22?. The number of allylic oxidation sites excluding steroid dienone is 2. The minimum Gasteiger partial charge on any atom is -0.394 e. The van der Waals surface area contributed by atoms with Crippen LogP contribution in [0.25, 0.3) is 5.57 Å². The van der Waals surface area contributed by atoms with Gasteiger partial charge in [0.2, 0.25) is 0 Å². The van der Waals surface area contributed by atoms with Crippen LogP contribution in [0.15, 0.2) is 46.3 Å². The van der Waals surface area contributed by atoms with E-state index in [2.05, 4.69) is 30.0 Å². The zero-order valence-electron chi connectivity index (χ0n) is 19.7. The Morgan fingerprint density at radius 1 is 1.27 bits per heavy atom. The number of aromatic nitrogens is 2. The summed E-state index contributed by atoms with van der Waals surface area (Å²) in [6, 6.07) is 3.56. The van der Waals surface area contributed by atoms with Crippen LogP contribution in [0.1, 0.15) is 41.2 Å². The van der Waals surface area contributed by atoms with Gasteiger partial charge in [-0.3, -0.25) is 19.5 Å². The maximum Gasteiger partial charge on any atom is 0.276 e. The van der Waals surface area contributed by atoms with Gasteiger partial charge in [0.1, 0.15) is 11.5 Å². The highest BCUT2D eigenvalue weighted by molar-refractivity contribution is 6.16. The van der Waals surface area contributed by atoms with Crippen LogP contribution in [-0.4, -0.2) is 51.1 Å². The fraction of sp³-hybridized carbons (Fsp3) is 0.400. The third-order valence-corrected chi connectivity index (χ3v) is 6.57. The molecule has 0 bridgehead atoms. The molecule has 0 saturated heterocycles. The third kappa shape index (κ3) is 3.74. The first-order chi connectivity index (χ1) is 15.6. The fourth-order valence-corrected chi connectivity index (χ4v) is 5.11. The summed E-state index contributed by atoms with van der Waals surface area (Å²) in [7, 11) is 3.21. The maximum atomic E-state index is 13.5. The van der Waals surface area contributed by atoms with E-state index in [4.69, 9.17) is 5.73 Å². The number of aliphatic hydroxyl groups excluding tert-OH is 1. The molecule has 3 heterocycles. The van der Waals surface area contributed by atoms with Crippen LogP contribution in [0.4, 0.5) is 5.69 Å². The van der Waals surface area contributed by atoms with Crippen molar-refractivity contribution < 1.29 is 9.90 Å². The third-order valence-electron chi connectivity index (χ3n) is 6.57. The van der Waals surface area contributed by atoms with E-state index < -0.39 is 0 Å². The molecular formula is C25H31N5O3. The summed E-state index contributed by atoms with van der Waals surface area (Å²) in [4.78, 5) is 31.6. The Morgan fingerprint density at radius 2 is 2.00 bits per heavy atom. The van der Waals surface area contributed by atoms with Gasteiger partial charge >= 0.3 is 0 Å². The maximum absolute atomic E-state index is 13.5. The molecule has 0 atom stereocenters. The van der Waals surface area contributed by atoms with Gasteiger partial charge in [-0.25, -0.2) is 0 Å². The molecule has 1 aliphatic carbocycles. The van der Waals surface area contributed by atoms with Crippen LogP contribution >= 0.6 is 0 Å². The summed E-state index contributed by atoms with van der Waals surface area (Å²) in [6.07, 6.45) is 5.14. The highest BCUT2D eigenvalue weighted by atomic mass is 16.3. The number of nitrogens with zero attached hydrogens (tertiary/aromatic N) is 4. The summed E-state index contributed by atoms with van der Waals surface area (Å²) >= 11 is 0. The first kappa shape index (κ1) is 22.8. The lowest BCUT2D eigenvalue weighted by Gasteiger charge is -2.32. The van der Waals surface area contributed by atoms with E-state index in [1.54, 1.807) is 37.3 Å². The number of aliphatic imine (C=N–C) groups is 1. The molecule has 174 valence electrons.